The molecule has 0 amide bonds. The summed E-state index contributed by atoms with van der Waals surface area (Å²) in [6, 6.07) is 5.41. The van der Waals surface area contributed by atoms with Gasteiger partial charge in [0.15, 0.2) is 5.11 Å². The second-order valence-corrected chi connectivity index (χ2v) is 10.4. The van der Waals surface area contributed by atoms with Gasteiger partial charge in [-0.05, 0) is 62.5 Å². The summed E-state index contributed by atoms with van der Waals surface area (Å²) in [4.78, 5) is 14.1. The number of esters is 1. The lowest BCUT2D eigenvalue weighted by molar-refractivity contribution is 0.0526. The molecule has 3 aromatic rings. The third-order valence-electron chi connectivity index (χ3n) is 5.65. The zero-order chi connectivity index (χ0) is 24.1. The lowest BCUT2D eigenvalue weighted by Crippen LogP contribution is -2.20. The van der Waals surface area contributed by atoms with Crippen molar-refractivity contribution in [2.75, 3.05) is 17.2 Å². The second kappa shape index (κ2) is 11.5. The van der Waals surface area contributed by atoms with Crippen LogP contribution in [0.2, 0.25) is 10.0 Å². The van der Waals surface area contributed by atoms with E-state index < -0.39 is 0 Å². The van der Waals surface area contributed by atoms with Crippen LogP contribution in [-0.2, 0) is 24.1 Å². The van der Waals surface area contributed by atoms with E-state index in [9.17, 15) is 4.79 Å². The molecular weight excluding hydrogens is 511 g/mol. The molecule has 34 heavy (non-hydrogen) atoms. The Morgan fingerprint density at radius 2 is 1.91 bits per heavy atom. The van der Waals surface area contributed by atoms with Crippen LogP contribution >= 0.6 is 46.8 Å². The largest absolute Gasteiger partial charge is 0.462 e. The molecule has 0 saturated carbocycles. The Balaban J connectivity index is 1.49. The molecule has 1 aromatic carbocycles. The molecule has 0 unspecified atom stereocenters. The van der Waals surface area contributed by atoms with Gasteiger partial charge in [-0.1, -0.05) is 42.1 Å². The number of hydrogen-bond acceptors (Lipinski definition) is 5. The van der Waals surface area contributed by atoms with Gasteiger partial charge in [0, 0.05) is 26.7 Å². The molecule has 0 radical (unpaired) electrons. The molecule has 180 valence electrons. The van der Waals surface area contributed by atoms with Crippen LogP contribution in [0, 0.1) is 0 Å². The summed E-state index contributed by atoms with van der Waals surface area (Å²) in [6.07, 6.45) is 9.98. The van der Waals surface area contributed by atoms with E-state index in [1.165, 1.54) is 17.7 Å². The van der Waals surface area contributed by atoms with Crippen LogP contribution in [0.4, 0.5) is 10.7 Å². The number of benzene rings is 1. The van der Waals surface area contributed by atoms with Gasteiger partial charge in [0.2, 0.25) is 0 Å². The van der Waals surface area contributed by atoms with E-state index >= 15 is 0 Å². The smallest absolute Gasteiger partial charge is 0.341 e. The summed E-state index contributed by atoms with van der Waals surface area (Å²) < 4.78 is 7.11. The maximum Gasteiger partial charge on any atom is 0.341 e. The highest BCUT2D eigenvalue weighted by atomic mass is 35.5. The number of nitrogens with zero attached hydrogens (tertiary/aromatic N) is 2. The number of ether oxygens (including phenoxy) is 1. The summed E-state index contributed by atoms with van der Waals surface area (Å²) in [7, 11) is 0. The molecular formula is C24H26Cl2N4O2S2. The molecule has 2 N–H and O–H groups in total. The molecule has 4 rings (SSSR count). The van der Waals surface area contributed by atoms with Gasteiger partial charge in [0.1, 0.15) is 5.00 Å². The first-order valence-electron chi connectivity index (χ1n) is 11.3. The van der Waals surface area contributed by atoms with Crippen molar-refractivity contribution in [3.8, 4) is 0 Å². The number of halogens is 2. The second-order valence-electron chi connectivity index (χ2n) is 8.05. The van der Waals surface area contributed by atoms with Gasteiger partial charge < -0.3 is 15.4 Å². The fourth-order valence-electron chi connectivity index (χ4n) is 4.05. The molecule has 0 aliphatic heterocycles. The zero-order valence-corrected chi connectivity index (χ0v) is 22.0. The van der Waals surface area contributed by atoms with E-state index in [0.29, 0.717) is 39.6 Å². The monoisotopic (exact) mass is 536 g/mol. The summed E-state index contributed by atoms with van der Waals surface area (Å²) in [6.45, 7) is 2.59. The summed E-state index contributed by atoms with van der Waals surface area (Å²) in [5.74, 6) is -0.296. The first-order valence-corrected chi connectivity index (χ1v) is 13.3. The number of aromatic nitrogens is 2. The van der Waals surface area contributed by atoms with Crippen LogP contribution in [0.5, 0.6) is 0 Å². The molecule has 2 heterocycles. The van der Waals surface area contributed by atoms with Crippen molar-refractivity contribution >= 4 is 68.5 Å². The van der Waals surface area contributed by atoms with Gasteiger partial charge in [-0.2, -0.15) is 5.10 Å². The Hall–Kier alpha value is -2.13. The van der Waals surface area contributed by atoms with Gasteiger partial charge in [-0.15, -0.1) is 11.3 Å². The van der Waals surface area contributed by atoms with E-state index in [2.05, 4.69) is 15.7 Å². The van der Waals surface area contributed by atoms with Crippen LogP contribution in [0.3, 0.4) is 0 Å². The number of rotatable bonds is 6. The maximum absolute atomic E-state index is 12.8. The number of aryl methyl sites for hydroxylation is 1. The molecule has 6 nitrogen and oxygen atoms in total. The summed E-state index contributed by atoms with van der Waals surface area (Å²) in [5.41, 5.74) is 3.25. The van der Waals surface area contributed by atoms with Crippen molar-refractivity contribution in [1.82, 2.24) is 9.78 Å². The van der Waals surface area contributed by atoms with Crippen molar-refractivity contribution < 1.29 is 9.53 Å². The Morgan fingerprint density at radius 3 is 2.65 bits per heavy atom. The molecule has 2 aromatic heterocycles. The maximum atomic E-state index is 12.8. The lowest BCUT2D eigenvalue weighted by atomic mass is 9.96. The third kappa shape index (κ3) is 5.92. The van der Waals surface area contributed by atoms with Crippen LogP contribution in [0.1, 0.15) is 59.0 Å². The first-order chi connectivity index (χ1) is 16.5. The number of hydrogen-bond donors (Lipinski definition) is 2. The molecule has 0 atom stereocenters. The predicted molar refractivity (Wildman–Crippen MR) is 144 cm³/mol. The van der Waals surface area contributed by atoms with Crippen LogP contribution < -0.4 is 10.6 Å². The van der Waals surface area contributed by atoms with Crippen LogP contribution in [0.25, 0.3) is 0 Å². The number of carbonyl (C=O) groups is 1. The fraction of sp³-hybridized carbons (Fsp3) is 0.375. The average Bonchev–Trinajstić information content (AvgIpc) is 3.34. The highest BCUT2D eigenvalue weighted by Gasteiger charge is 2.25. The van der Waals surface area contributed by atoms with E-state index in [4.69, 9.17) is 40.2 Å². The number of thiocarbonyl (C=S) groups is 1. The topological polar surface area (TPSA) is 68.2 Å². The third-order valence-corrected chi connectivity index (χ3v) is 7.77. The minimum atomic E-state index is -0.296. The van der Waals surface area contributed by atoms with Crippen LogP contribution in [0.15, 0.2) is 30.6 Å². The van der Waals surface area contributed by atoms with Gasteiger partial charge >= 0.3 is 5.97 Å². The number of carbonyl (C=O) groups excluding carboxylic acids is 1. The quantitative estimate of drug-likeness (QED) is 0.262. The molecule has 0 saturated heterocycles. The van der Waals surface area contributed by atoms with Crippen LogP contribution in [-0.4, -0.2) is 27.5 Å². The normalized spacial score (nSPS) is 13.5. The lowest BCUT2D eigenvalue weighted by Gasteiger charge is -2.12. The SMILES string of the molecule is CCOC(=O)c1c(NC(=S)Nc2cnn(Cc3c(Cl)cccc3Cl)c2)sc2c1CCCCCC2. The molecule has 0 fully saturated rings. The highest BCUT2D eigenvalue weighted by Crippen LogP contribution is 2.37. The molecule has 10 heteroatoms. The Labute approximate surface area is 218 Å². The van der Waals surface area contributed by atoms with E-state index in [1.54, 1.807) is 34.3 Å². The number of anilines is 2. The number of thiophene rings is 1. The average molecular weight is 538 g/mol. The van der Waals surface area contributed by atoms with Crippen molar-refractivity contribution in [2.24, 2.45) is 0 Å². The minimum Gasteiger partial charge on any atom is -0.462 e. The number of nitrogens with one attached hydrogen (secondary N) is 2. The zero-order valence-electron chi connectivity index (χ0n) is 18.8. The molecule has 1 aliphatic carbocycles. The first kappa shape index (κ1) is 25.0. The summed E-state index contributed by atoms with van der Waals surface area (Å²) in [5, 5.41) is 13.1. The van der Waals surface area contributed by atoms with Crippen molar-refractivity contribution in [2.45, 2.75) is 52.0 Å². The molecule has 0 spiro atoms. The predicted octanol–water partition coefficient (Wildman–Crippen LogP) is 6.94. The Morgan fingerprint density at radius 1 is 1.18 bits per heavy atom. The fourth-order valence-corrected chi connectivity index (χ4v) is 6.14. The highest BCUT2D eigenvalue weighted by molar-refractivity contribution is 7.80. The Bertz CT molecular complexity index is 1170. The van der Waals surface area contributed by atoms with Gasteiger partial charge in [-0.3, -0.25) is 4.68 Å². The van der Waals surface area contributed by atoms with Gasteiger partial charge in [-0.25, -0.2) is 4.79 Å². The van der Waals surface area contributed by atoms with Crippen molar-refractivity contribution in [3.05, 3.63) is 62.2 Å². The summed E-state index contributed by atoms with van der Waals surface area (Å²) >= 11 is 19.7. The number of fused-ring (bicyclic) bond motifs is 1. The van der Waals surface area contributed by atoms with Gasteiger partial charge in [0.25, 0.3) is 0 Å². The van der Waals surface area contributed by atoms with E-state index in [1.807, 2.05) is 19.2 Å². The van der Waals surface area contributed by atoms with Gasteiger partial charge in [0.05, 0.1) is 30.6 Å². The molecule has 1 aliphatic rings. The van der Waals surface area contributed by atoms with E-state index in [-0.39, 0.29) is 5.97 Å². The van der Waals surface area contributed by atoms with E-state index in [0.717, 1.165) is 41.8 Å². The standard InChI is InChI=1S/C24H26Cl2N4O2S2/c1-2-32-23(31)21-16-8-5-3-4-6-11-20(16)34-22(21)29-24(33)28-15-12-27-30(13-15)14-17-18(25)9-7-10-19(17)26/h7,9-10,12-13H,2-6,8,11,14H2,1H3,(H2,28,29,33). The van der Waals surface area contributed by atoms with Crippen molar-refractivity contribution in [1.29, 1.82) is 0 Å². The molecule has 0 bridgehead atoms. The van der Waals surface area contributed by atoms with Crippen molar-refractivity contribution in [3.63, 3.8) is 0 Å². The Kier molecular flexibility index (Phi) is 8.47. The minimum absolute atomic E-state index is 0.296.